The molecule has 0 aliphatic carbocycles. The van der Waals surface area contributed by atoms with E-state index in [-0.39, 0.29) is 23.4 Å². The molecule has 0 bridgehead atoms. The first-order valence-corrected chi connectivity index (χ1v) is 7.23. The van der Waals surface area contributed by atoms with Crippen LogP contribution in [0.15, 0.2) is 18.2 Å². The Morgan fingerprint density at radius 2 is 2.30 bits per heavy atom. The summed E-state index contributed by atoms with van der Waals surface area (Å²) < 4.78 is 10.5. The van der Waals surface area contributed by atoms with Gasteiger partial charge in [-0.3, -0.25) is 16.0 Å². The van der Waals surface area contributed by atoms with Gasteiger partial charge in [0.1, 0.15) is 5.50 Å². The van der Waals surface area contributed by atoms with Crippen LogP contribution in [0.4, 0.5) is 5.69 Å². The predicted molar refractivity (Wildman–Crippen MR) is 76.3 cm³/mol. The monoisotopic (exact) mass is 296 g/mol. The largest absolute Gasteiger partial charge is 0.454 e. The molecule has 108 valence electrons. The summed E-state index contributed by atoms with van der Waals surface area (Å²) in [5, 5.41) is 6.25. The van der Waals surface area contributed by atoms with E-state index < -0.39 is 0 Å². The van der Waals surface area contributed by atoms with Gasteiger partial charge >= 0.3 is 0 Å². The molecule has 1 aromatic rings. The van der Waals surface area contributed by atoms with Crippen LogP contribution in [0, 0.1) is 0 Å². The quantitative estimate of drug-likeness (QED) is 0.465. The maximum Gasteiger partial charge on any atom is 0.231 e. The van der Waals surface area contributed by atoms with E-state index >= 15 is 0 Å². The Bertz CT molecular complexity index is 513. The van der Waals surface area contributed by atoms with Crippen molar-refractivity contribution in [3.63, 3.8) is 0 Å². The Hall–Kier alpha value is -1.48. The number of carbonyl (C=O) groups is 1. The van der Waals surface area contributed by atoms with Gasteiger partial charge in [0.15, 0.2) is 11.5 Å². The molecule has 1 fully saturated rings. The van der Waals surface area contributed by atoms with Crippen LogP contribution in [0.5, 0.6) is 11.5 Å². The molecule has 1 amide bonds. The fourth-order valence-electron chi connectivity index (χ4n) is 2.14. The average molecular weight is 296 g/mol. The van der Waals surface area contributed by atoms with Crippen molar-refractivity contribution in [2.45, 2.75) is 17.2 Å². The summed E-state index contributed by atoms with van der Waals surface area (Å²) in [5.74, 6) is 6.68. The van der Waals surface area contributed by atoms with Crippen molar-refractivity contribution in [1.29, 1.82) is 0 Å². The Labute approximate surface area is 120 Å². The first-order valence-electron chi connectivity index (χ1n) is 6.29. The average Bonchev–Trinajstić information content (AvgIpc) is 3.06. The summed E-state index contributed by atoms with van der Waals surface area (Å²) in [6, 6.07) is 5.36. The highest BCUT2D eigenvalue weighted by molar-refractivity contribution is 8.00. The molecular formula is C12H16N4O3S. The summed E-state index contributed by atoms with van der Waals surface area (Å²) in [6.07, 6.45) is 0.435. The van der Waals surface area contributed by atoms with Crippen molar-refractivity contribution in [2.24, 2.45) is 5.84 Å². The van der Waals surface area contributed by atoms with Crippen LogP contribution in [-0.4, -0.2) is 30.0 Å². The van der Waals surface area contributed by atoms with Gasteiger partial charge in [0.05, 0.1) is 0 Å². The van der Waals surface area contributed by atoms with Gasteiger partial charge in [-0.2, -0.15) is 0 Å². The molecule has 1 aromatic carbocycles. The van der Waals surface area contributed by atoms with Gasteiger partial charge in [-0.05, 0) is 12.1 Å². The number of ether oxygens (including phenoxy) is 2. The van der Waals surface area contributed by atoms with Crippen LogP contribution in [0.2, 0.25) is 0 Å². The molecule has 7 nitrogen and oxygen atoms in total. The van der Waals surface area contributed by atoms with Gasteiger partial charge in [0.25, 0.3) is 0 Å². The molecule has 0 saturated carbocycles. The molecular weight excluding hydrogens is 280 g/mol. The van der Waals surface area contributed by atoms with Gasteiger partial charge in [-0.25, -0.2) is 5.43 Å². The highest BCUT2D eigenvalue weighted by Crippen LogP contribution is 2.34. The van der Waals surface area contributed by atoms with E-state index in [0.29, 0.717) is 23.6 Å². The van der Waals surface area contributed by atoms with Crippen LogP contribution in [0.3, 0.4) is 0 Å². The lowest BCUT2D eigenvalue weighted by atomic mass is 10.2. The zero-order valence-corrected chi connectivity index (χ0v) is 11.5. The molecule has 3 rings (SSSR count). The number of carbonyl (C=O) groups excluding carboxylic acids is 1. The topological polar surface area (TPSA) is 97.6 Å². The third-order valence-corrected chi connectivity index (χ3v) is 4.37. The smallest absolute Gasteiger partial charge is 0.231 e. The van der Waals surface area contributed by atoms with Gasteiger partial charge in [0, 0.05) is 30.0 Å². The van der Waals surface area contributed by atoms with Crippen LogP contribution in [-0.2, 0) is 4.79 Å². The Balaban J connectivity index is 1.54. The fourth-order valence-corrected chi connectivity index (χ4v) is 3.23. The number of rotatable bonds is 4. The second-order valence-corrected chi connectivity index (χ2v) is 5.94. The molecule has 5 N–H and O–H groups in total. The molecule has 8 heteroatoms. The number of hydrazine groups is 1. The Morgan fingerprint density at radius 1 is 1.45 bits per heavy atom. The zero-order chi connectivity index (χ0) is 13.9. The number of hydrogen-bond acceptors (Lipinski definition) is 7. The highest BCUT2D eigenvalue weighted by atomic mass is 32.2. The standard InChI is InChI=1S/C12H16N4O3S/c13-16-12-14-5-8(20-12)4-11(17)15-7-1-2-9-10(3-7)19-6-18-9/h1-3,8,12,14,16H,4-6,13H2,(H,15,17). The number of fused-ring (bicyclic) bond motifs is 1. The minimum atomic E-state index is -0.0270. The number of benzene rings is 1. The number of hydrogen-bond donors (Lipinski definition) is 4. The second kappa shape index (κ2) is 5.88. The normalized spacial score (nSPS) is 23.9. The maximum atomic E-state index is 12.0. The van der Waals surface area contributed by atoms with Crippen molar-refractivity contribution in [1.82, 2.24) is 10.7 Å². The van der Waals surface area contributed by atoms with Crippen molar-refractivity contribution < 1.29 is 14.3 Å². The third-order valence-electron chi connectivity index (χ3n) is 3.08. The van der Waals surface area contributed by atoms with Crippen molar-refractivity contribution in [2.75, 3.05) is 18.7 Å². The van der Waals surface area contributed by atoms with Crippen LogP contribution < -0.4 is 31.4 Å². The molecule has 2 aliphatic heterocycles. The lowest BCUT2D eigenvalue weighted by Crippen LogP contribution is -2.39. The van der Waals surface area contributed by atoms with Gasteiger partial charge in [-0.1, -0.05) is 0 Å². The Morgan fingerprint density at radius 3 is 3.10 bits per heavy atom. The van der Waals surface area contributed by atoms with E-state index in [0.717, 1.165) is 6.54 Å². The van der Waals surface area contributed by atoms with E-state index in [1.54, 1.807) is 30.0 Å². The van der Waals surface area contributed by atoms with Crippen LogP contribution in [0.1, 0.15) is 6.42 Å². The predicted octanol–water partition coefficient (Wildman–Crippen LogP) is 0.196. The fraction of sp³-hybridized carbons (Fsp3) is 0.417. The summed E-state index contributed by atoms with van der Waals surface area (Å²) in [4.78, 5) is 12.0. The highest BCUT2D eigenvalue weighted by Gasteiger charge is 2.25. The third kappa shape index (κ3) is 2.98. The summed E-state index contributed by atoms with van der Waals surface area (Å²) >= 11 is 1.62. The maximum absolute atomic E-state index is 12.0. The minimum Gasteiger partial charge on any atom is -0.454 e. The summed E-state index contributed by atoms with van der Waals surface area (Å²) in [6.45, 7) is 0.985. The van der Waals surface area contributed by atoms with Crippen molar-refractivity contribution >= 4 is 23.4 Å². The number of nitrogens with two attached hydrogens (primary N) is 1. The molecule has 2 unspecified atom stereocenters. The Kier molecular flexibility index (Phi) is 3.97. The van der Waals surface area contributed by atoms with E-state index in [1.807, 2.05) is 0 Å². The number of thioether (sulfide) groups is 1. The molecule has 2 atom stereocenters. The lowest BCUT2D eigenvalue weighted by Gasteiger charge is -2.10. The van der Waals surface area contributed by atoms with Crippen LogP contribution >= 0.6 is 11.8 Å². The summed E-state index contributed by atoms with van der Waals surface area (Å²) in [7, 11) is 0. The lowest BCUT2D eigenvalue weighted by molar-refractivity contribution is -0.116. The molecule has 2 heterocycles. The van der Waals surface area contributed by atoms with Crippen molar-refractivity contribution in [3.05, 3.63) is 18.2 Å². The first kappa shape index (κ1) is 13.5. The van der Waals surface area contributed by atoms with E-state index in [1.165, 1.54) is 0 Å². The van der Waals surface area contributed by atoms with E-state index in [9.17, 15) is 4.79 Å². The zero-order valence-electron chi connectivity index (χ0n) is 10.7. The first-order chi connectivity index (χ1) is 9.74. The van der Waals surface area contributed by atoms with Crippen molar-refractivity contribution in [3.8, 4) is 11.5 Å². The number of amides is 1. The molecule has 20 heavy (non-hydrogen) atoms. The van der Waals surface area contributed by atoms with E-state index in [2.05, 4.69) is 16.1 Å². The summed E-state index contributed by atoms with van der Waals surface area (Å²) in [5.41, 5.74) is 3.36. The molecule has 0 radical (unpaired) electrons. The van der Waals surface area contributed by atoms with Gasteiger partial charge in [0.2, 0.25) is 12.7 Å². The molecule has 0 spiro atoms. The SMILES string of the molecule is NNC1NCC(CC(=O)Nc2ccc3c(c2)OCO3)S1. The molecule has 0 aromatic heterocycles. The number of nitrogens with one attached hydrogen (secondary N) is 3. The molecule has 2 aliphatic rings. The van der Waals surface area contributed by atoms with Gasteiger partial charge in [-0.15, -0.1) is 11.8 Å². The van der Waals surface area contributed by atoms with Crippen LogP contribution in [0.25, 0.3) is 0 Å². The van der Waals surface area contributed by atoms with Gasteiger partial charge < -0.3 is 14.8 Å². The van der Waals surface area contributed by atoms with E-state index in [4.69, 9.17) is 15.3 Å². The number of anilines is 1. The molecule has 1 saturated heterocycles. The second-order valence-electron chi connectivity index (χ2n) is 4.53. The minimum absolute atomic E-state index is 0.0124.